The molecule has 1 aliphatic rings. The molecule has 1 rings (SSSR count). The molecule has 1 saturated heterocycles. The van der Waals surface area contributed by atoms with Gasteiger partial charge in [0.25, 0.3) is 0 Å². The zero-order chi connectivity index (χ0) is 10.4. The number of rotatable bonds is 5. The zero-order valence-corrected chi connectivity index (χ0v) is 10.1. The Labute approximate surface area is 91.9 Å². The van der Waals surface area contributed by atoms with Crippen LogP contribution in [-0.2, 0) is 0 Å². The highest BCUT2D eigenvalue weighted by atomic mass is 32.2. The Bertz CT molecular complexity index is 146. The van der Waals surface area contributed by atoms with E-state index in [2.05, 4.69) is 19.2 Å². The van der Waals surface area contributed by atoms with E-state index in [-0.39, 0.29) is 6.10 Å². The Balaban J connectivity index is 2.06. The van der Waals surface area contributed by atoms with Crippen LogP contribution in [0.15, 0.2) is 0 Å². The van der Waals surface area contributed by atoms with E-state index in [1.807, 2.05) is 11.8 Å². The van der Waals surface area contributed by atoms with E-state index in [1.54, 1.807) is 0 Å². The smallest absolute Gasteiger partial charge is 0.0667 e. The van der Waals surface area contributed by atoms with Gasteiger partial charge in [0, 0.05) is 18.3 Å². The van der Waals surface area contributed by atoms with Crippen molar-refractivity contribution >= 4 is 11.8 Å². The lowest BCUT2D eigenvalue weighted by atomic mass is 10.1. The maximum atomic E-state index is 9.68. The summed E-state index contributed by atoms with van der Waals surface area (Å²) in [5.41, 5.74) is 0. The van der Waals surface area contributed by atoms with Crippen molar-refractivity contribution in [1.29, 1.82) is 0 Å². The zero-order valence-electron chi connectivity index (χ0n) is 9.33. The SMILES string of the molecule is CC(C)CC(O)CNC1CCCSC1. The summed E-state index contributed by atoms with van der Waals surface area (Å²) in [6, 6.07) is 0.635. The van der Waals surface area contributed by atoms with Gasteiger partial charge in [-0.05, 0) is 30.9 Å². The minimum absolute atomic E-state index is 0.165. The van der Waals surface area contributed by atoms with E-state index >= 15 is 0 Å². The molecule has 2 atom stereocenters. The normalized spacial score (nSPS) is 25.3. The molecule has 0 aromatic carbocycles. The molecule has 0 bridgehead atoms. The molecule has 1 heterocycles. The summed E-state index contributed by atoms with van der Waals surface area (Å²) < 4.78 is 0. The largest absolute Gasteiger partial charge is 0.392 e. The van der Waals surface area contributed by atoms with Crippen LogP contribution in [0.2, 0.25) is 0 Å². The third kappa shape index (κ3) is 5.23. The molecule has 2 unspecified atom stereocenters. The van der Waals surface area contributed by atoms with Gasteiger partial charge in [-0.2, -0.15) is 11.8 Å². The second-order valence-electron chi connectivity index (χ2n) is 4.61. The van der Waals surface area contributed by atoms with E-state index in [4.69, 9.17) is 0 Å². The van der Waals surface area contributed by atoms with Gasteiger partial charge < -0.3 is 10.4 Å². The van der Waals surface area contributed by atoms with Crippen LogP contribution in [0.5, 0.6) is 0 Å². The summed E-state index contributed by atoms with van der Waals surface area (Å²) in [5.74, 6) is 3.12. The molecule has 0 saturated carbocycles. The van der Waals surface area contributed by atoms with Crippen molar-refractivity contribution in [3.63, 3.8) is 0 Å². The monoisotopic (exact) mass is 217 g/mol. The van der Waals surface area contributed by atoms with E-state index in [0.29, 0.717) is 12.0 Å². The fourth-order valence-corrected chi connectivity index (χ4v) is 2.94. The number of nitrogens with one attached hydrogen (secondary N) is 1. The number of thioether (sulfide) groups is 1. The first-order chi connectivity index (χ1) is 6.68. The van der Waals surface area contributed by atoms with Gasteiger partial charge in [-0.15, -0.1) is 0 Å². The van der Waals surface area contributed by atoms with E-state index < -0.39 is 0 Å². The molecule has 2 N–H and O–H groups in total. The van der Waals surface area contributed by atoms with Crippen LogP contribution in [0.1, 0.15) is 33.1 Å². The summed E-state index contributed by atoms with van der Waals surface area (Å²) in [7, 11) is 0. The third-order valence-electron chi connectivity index (χ3n) is 2.55. The first-order valence-corrected chi connectivity index (χ1v) is 6.83. The molecule has 0 aliphatic carbocycles. The van der Waals surface area contributed by atoms with Crippen molar-refractivity contribution in [1.82, 2.24) is 5.32 Å². The van der Waals surface area contributed by atoms with Crippen LogP contribution < -0.4 is 5.32 Å². The molecular weight excluding hydrogens is 194 g/mol. The predicted octanol–water partition coefficient (Wildman–Crippen LogP) is 1.88. The Morgan fingerprint density at radius 3 is 2.86 bits per heavy atom. The molecule has 0 spiro atoms. The number of hydrogen-bond acceptors (Lipinski definition) is 3. The highest BCUT2D eigenvalue weighted by Crippen LogP contribution is 2.16. The molecule has 1 aliphatic heterocycles. The maximum Gasteiger partial charge on any atom is 0.0667 e. The van der Waals surface area contributed by atoms with Crippen LogP contribution in [0.3, 0.4) is 0 Å². The molecule has 0 aromatic rings. The lowest BCUT2D eigenvalue weighted by Gasteiger charge is -2.24. The van der Waals surface area contributed by atoms with Crippen LogP contribution in [0, 0.1) is 5.92 Å². The number of hydrogen-bond donors (Lipinski definition) is 2. The van der Waals surface area contributed by atoms with Gasteiger partial charge in [0.2, 0.25) is 0 Å². The van der Waals surface area contributed by atoms with Crippen LogP contribution >= 0.6 is 11.8 Å². The number of aliphatic hydroxyl groups excluding tert-OH is 1. The molecule has 1 fully saturated rings. The second kappa shape index (κ2) is 6.70. The van der Waals surface area contributed by atoms with Crippen molar-refractivity contribution in [2.24, 2.45) is 5.92 Å². The lowest BCUT2D eigenvalue weighted by Crippen LogP contribution is -2.39. The van der Waals surface area contributed by atoms with Crippen LogP contribution in [-0.4, -0.2) is 35.3 Å². The van der Waals surface area contributed by atoms with Crippen molar-refractivity contribution < 1.29 is 5.11 Å². The van der Waals surface area contributed by atoms with Gasteiger partial charge in [-0.3, -0.25) is 0 Å². The molecule has 0 aromatic heterocycles. The summed E-state index contributed by atoms with van der Waals surface area (Å²) in [5, 5.41) is 13.1. The number of aliphatic hydroxyl groups is 1. The molecular formula is C11H23NOS. The minimum Gasteiger partial charge on any atom is -0.392 e. The first-order valence-electron chi connectivity index (χ1n) is 5.67. The summed E-state index contributed by atoms with van der Waals surface area (Å²) in [6.07, 6.45) is 3.35. The quantitative estimate of drug-likeness (QED) is 0.737. The fraction of sp³-hybridized carbons (Fsp3) is 1.00. The minimum atomic E-state index is -0.165. The van der Waals surface area contributed by atoms with Crippen LogP contribution in [0.4, 0.5) is 0 Å². The molecule has 0 amide bonds. The third-order valence-corrected chi connectivity index (χ3v) is 3.76. The van der Waals surface area contributed by atoms with Gasteiger partial charge in [-0.1, -0.05) is 13.8 Å². The van der Waals surface area contributed by atoms with Gasteiger partial charge in [-0.25, -0.2) is 0 Å². The first kappa shape index (κ1) is 12.3. The topological polar surface area (TPSA) is 32.3 Å². The molecule has 0 radical (unpaired) electrons. The summed E-state index contributed by atoms with van der Waals surface area (Å²) in [6.45, 7) is 5.07. The van der Waals surface area contributed by atoms with Crippen LogP contribution in [0.25, 0.3) is 0 Å². The standard InChI is InChI=1S/C11H23NOS/c1-9(2)6-11(13)7-12-10-4-3-5-14-8-10/h9-13H,3-8H2,1-2H3. The van der Waals surface area contributed by atoms with E-state index in [1.165, 1.54) is 24.3 Å². The van der Waals surface area contributed by atoms with Gasteiger partial charge in [0.1, 0.15) is 0 Å². The molecule has 2 nitrogen and oxygen atoms in total. The fourth-order valence-electron chi connectivity index (χ4n) is 1.83. The van der Waals surface area contributed by atoms with Gasteiger partial charge >= 0.3 is 0 Å². The lowest BCUT2D eigenvalue weighted by molar-refractivity contribution is 0.142. The second-order valence-corrected chi connectivity index (χ2v) is 5.76. The summed E-state index contributed by atoms with van der Waals surface area (Å²) in [4.78, 5) is 0. The maximum absolute atomic E-state index is 9.68. The molecule has 14 heavy (non-hydrogen) atoms. The summed E-state index contributed by atoms with van der Waals surface area (Å²) >= 11 is 2.02. The highest BCUT2D eigenvalue weighted by molar-refractivity contribution is 7.99. The Morgan fingerprint density at radius 1 is 1.50 bits per heavy atom. The predicted molar refractivity (Wildman–Crippen MR) is 63.8 cm³/mol. The van der Waals surface area contributed by atoms with Crippen molar-refractivity contribution in [2.45, 2.75) is 45.3 Å². The Hall–Kier alpha value is 0.270. The van der Waals surface area contributed by atoms with Gasteiger partial charge in [0.15, 0.2) is 0 Å². The highest BCUT2D eigenvalue weighted by Gasteiger charge is 2.14. The van der Waals surface area contributed by atoms with Crippen molar-refractivity contribution in [3.05, 3.63) is 0 Å². The van der Waals surface area contributed by atoms with E-state index in [0.717, 1.165) is 13.0 Å². The Kier molecular flexibility index (Phi) is 5.90. The molecule has 3 heteroatoms. The van der Waals surface area contributed by atoms with Crippen molar-refractivity contribution in [2.75, 3.05) is 18.1 Å². The average molecular weight is 217 g/mol. The Morgan fingerprint density at radius 2 is 2.29 bits per heavy atom. The average Bonchev–Trinajstić information content (AvgIpc) is 2.15. The van der Waals surface area contributed by atoms with E-state index in [9.17, 15) is 5.11 Å². The van der Waals surface area contributed by atoms with Gasteiger partial charge in [0.05, 0.1) is 6.10 Å². The van der Waals surface area contributed by atoms with Crippen molar-refractivity contribution in [3.8, 4) is 0 Å². The molecule has 84 valence electrons.